The summed E-state index contributed by atoms with van der Waals surface area (Å²) in [6.07, 6.45) is 0.221. The summed E-state index contributed by atoms with van der Waals surface area (Å²) in [4.78, 5) is 11.2. The number of rotatable bonds is 6. The number of halogens is 1. The normalized spacial score (nSPS) is 13.1. The quantitative estimate of drug-likeness (QED) is 0.816. The van der Waals surface area contributed by atoms with Gasteiger partial charge in [-0.05, 0) is 17.7 Å². The summed E-state index contributed by atoms with van der Waals surface area (Å²) in [7, 11) is -0.941. The van der Waals surface area contributed by atoms with Crippen LogP contribution in [0.3, 0.4) is 0 Å². The van der Waals surface area contributed by atoms with Crippen LogP contribution in [0.15, 0.2) is 24.3 Å². The molecule has 0 radical (unpaired) electrons. The monoisotopic (exact) mass is 289 g/mol. The zero-order valence-electron chi connectivity index (χ0n) is 11.1. The summed E-state index contributed by atoms with van der Waals surface area (Å²) in [6, 6.07) is 5.70. The summed E-state index contributed by atoms with van der Waals surface area (Å²) in [6.45, 7) is 1.31. The molecule has 1 rings (SSSR count). The molecule has 1 N–H and O–H groups in total. The van der Waals surface area contributed by atoms with Crippen LogP contribution in [-0.2, 0) is 24.8 Å². The van der Waals surface area contributed by atoms with Crippen molar-refractivity contribution in [3.8, 4) is 0 Å². The molecule has 0 aliphatic rings. The van der Waals surface area contributed by atoms with E-state index in [-0.39, 0.29) is 18.1 Å². The van der Waals surface area contributed by atoms with E-state index < -0.39 is 13.4 Å². The van der Waals surface area contributed by atoms with Gasteiger partial charge in [0.25, 0.3) is 0 Å². The molecule has 5 nitrogen and oxygen atoms in total. The van der Waals surface area contributed by atoms with Gasteiger partial charge in [-0.2, -0.15) is 0 Å². The number of nitrogens with one attached hydrogen (secondary N) is 1. The van der Waals surface area contributed by atoms with Crippen LogP contribution >= 0.6 is 7.60 Å². The van der Waals surface area contributed by atoms with Gasteiger partial charge in [0, 0.05) is 27.6 Å². The maximum Gasteiger partial charge on any atom is 0.352 e. The fraction of sp³-hybridized carbons (Fsp3) is 0.417. The van der Waals surface area contributed by atoms with Crippen LogP contribution < -0.4 is 5.32 Å². The lowest BCUT2D eigenvalue weighted by Crippen LogP contribution is -2.35. The Hall–Kier alpha value is -1.23. The summed E-state index contributed by atoms with van der Waals surface area (Å²) in [5.41, 5.74) is 0.717. The Labute approximate surface area is 111 Å². The molecule has 0 bridgehead atoms. The van der Waals surface area contributed by atoms with Crippen LogP contribution in [0.2, 0.25) is 0 Å². The topological polar surface area (TPSA) is 64.6 Å². The van der Waals surface area contributed by atoms with E-state index in [4.69, 9.17) is 9.05 Å². The third-order valence-electron chi connectivity index (χ3n) is 2.60. The average Bonchev–Trinajstić information content (AvgIpc) is 2.39. The molecule has 0 aromatic heterocycles. The summed E-state index contributed by atoms with van der Waals surface area (Å²) < 4.78 is 34.9. The Balaban J connectivity index is 2.94. The second kappa shape index (κ2) is 6.80. The Kier molecular flexibility index (Phi) is 5.66. The Bertz CT molecular complexity index is 469. The molecule has 7 heteroatoms. The van der Waals surface area contributed by atoms with Crippen LogP contribution in [0.1, 0.15) is 12.5 Å². The fourth-order valence-electron chi connectivity index (χ4n) is 1.65. The van der Waals surface area contributed by atoms with Gasteiger partial charge in [-0.3, -0.25) is 9.36 Å². The molecule has 0 fully saturated rings. The van der Waals surface area contributed by atoms with E-state index in [0.29, 0.717) is 0 Å². The zero-order valence-corrected chi connectivity index (χ0v) is 11.9. The lowest BCUT2D eigenvalue weighted by atomic mass is 10.1. The largest absolute Gasteiger partial charge is 0.352 e. The van der Waals surface area contributed by atoms with Gasteiger partial charge in [0.1, 0.15) is 11.6 Å². The summed E-state index contributed by atoms with van der Waals surface area (Å²) >= 11 is 0. The van der Waals surface area contributed by atoms with Crippen molar-refractivity contribution in [2.24, 2.45) is 0 Å². The molecule has 0 aliphatic carbocycles. The van der Waals surface area contributed by atoms with E-state index in [1.165, 1.54) is 33.3 Å². The van der Waals surface area contributed by atoms with E-state index in [0.717, 1.165) is 5.56 Å². The number of amides is 1. The molecule has 0 saturated carbocycles. The first-order valence-electron chi connectivity index (χ1n) is 5.64. The highest BCUT2D eigenvalue weighted by molar-refractivity contribution is 7.54. The van der Waals surface area contributed by atoms with Crippen molar-refractivity contribution in [3.63, 3.8) is 0 Å². The molecule has 1 aromatic rings. The predicted octanol–water partition coefficient (Wildman–Crippen LogP) is 2.32. The molecular weight excluding hydrogens is 272 g/mol. The van der Waals surface area contributed by atoms with Crippen LogP contribution in [0, 0.1) is 5.82 Å². The standard InChI is InChI=1S/C12H17FNO4P/c1-9(15)14-12(19(16,17-2)18-3)8-10-4-6-11(13)7-5-10/h4-7,12H,8H2,1-3H3,(H,14,15). The molecule has 1 unspecified atom stereocenters. The Morgan fingerprint density at radius 1 is 1.32 bits per heavy atom. The lowest BCUT2D eigenvalue weighted by molar-refractivity contribution is -0.119. The zero-order chi connectivity index (χ0) is 14.5. The molecule has 106 valence electrons. The van der Waals surface area contributed by atoms with Crippen molar-refractivity contribution in [3.05, 3.63) is 35.6 Å². The molecule has 1 amide bonds. The smallest absolute Gasteiger partial charge is 0.342 e. The minimum atomic E-state index is -3.45. The molecule has 0 saturated heterocycles. The van der Waals surface area contributed by atoms with Crippen molar-refractivity contribution >= 4 is 13.5 Å². The van der Waals surface area contributed by atoms with Gasteiger partial charge in [0.05, 0.1) is 0 Å². The van der Waals surface area contributed by atoms with Crippen molar-refractivity contribution in [1.29, 1.82) is 0 Å². The van der Waals surface area contributed by atoms with E-state index in [1.54, 1.807) is 12.1 Å². The van der Waals surface area contributed by atoms with Gasteiger partial charge in [0.2, 0.25) is 5.91 Å². The van der Waals surface area contributed by atoms with Gasteiger partial charge in [-0.25, -0.2) is 4.39 Å². The van der Waals surface area contributed by atoms with Crippen LogP contribution in [0.25, 0.3) is 0 Å². The van der Waals surface area contributed by atoms with Gasteiger partial charge >= 0.3 is 7.60 Å². The van der Waals surface area contributed by atoms with E-state index in [1.807, 2.05) is 0 Å². The van der Waals surface area contributed by atoms with Crippen molar-refractivity contribution in [2.45, 2.75) is 19.1 Å². The molecule has 0 heterocycles. The Morgan fingerprint density at radius 2 is 1.84 bits per heavy atom. The predicted molar refractivity (Wildman–Crippen MR) is 69.3 cm³/mol. The molecule has 19 heavy (non-hydrogen) atoms. The molecule has 1 atom stereocenters. The van der Waals surface area contributed by atoms with E-state index in [2.05, 4.69) is 5.32 Å². The number of hydrogen-bond acceptors (Lipinski definition) is 4. The van der Waals surface area contributed by atoms with Crippen LogP contribution in [0.4, 0.5) is 4.39 Å². The summed E-state index contributed by atoms with van der Waals surface area (Å²) in [5, 5.41) is 2.54. The van der Waals surface area contributed by atoms with Gasteiger partial charge < -0.3 is 14.4 Å². The minimum absolute atomic E-state index is 0.221. The van der Waals surface area contributed by atoms with Gasteiger partial charge in [0.15, 0.2) is 0 Å². The number of carbonyl (C=O) groups excluding carboxylic acids is 1. The molecule has 1 aromatic carbocycles. The fourth-order valence-corrected chi connectivity index (χ4v) is 3.08. The lowest BCUT2D eigenvalue weighted by Gasteiger charge is -2.24. The Morgan fingerprint density at radius 3 is 2.26 bits per heavy atom. The third kappa shape index (κ3) is 4.42. The first-order valence-corrected chi connectivity index (χ1v) is 7.25. The highest BCUT2D eigenvalue weighted by Crippen LogP contribution is 2.51. The third-order valence-corrected chi connectivity index (χ3v) is 4.70. The van der Waals surface area contributed by atoms with Crippen molar-refractivity contribution in [2.75, 3.05) is 14.2 Å². The maximum atomic E-state index is 12.8. The van der Waals surface area contributed by atoms with Crippen LogP contribution in [0.5, 0.6) is 0 Å². The first kappa shape index (κ1) is 15.8. The van der Waals surface area contributed by atoms with Crippen LogP contribution in [-0.4, -0.2) is 25.9 Å². The number of carbonyl (C=O) groups is 1. The number of benzene rings is 1. The minimum Gasteiger partial charge on any atom is -0.342 e. The molecule has 0 aliphatic heterocycles. The second-order valence-electron chi connectivity index (χ2n) is 3.95. The SMILES string of the molecule is COP(=O)(OC)C(Cc1ccc(F)cc1)NC(C)=O. The van der Waals surface area contributed by atoms with E-state index >= 15 is 0 Å². The molecular formula is C12H17FNO4P. The van der Waals surface area contributed by atoms with Crippen molar-refractivity contribution in [1.82, 2.24) is 5.32 Å². The summed E-state index contributed by atoms with van der Waals surface area (Å²) in [5.74, 6) is -1.52. The van der Waals surface area contributed by atoms with Crippen molar-refractivity contribution < 1.29 is 22.8 Å². The molecule has 0 spiro atoms. The van der Waals surface area contributed by atoms with E-state index in [9.17, 15) is 13.8 Å². The maximum absolute atomic E-state index is 12.8. The van der Waals surface area contributed by atoms with Gasteiger partial charge in [-0.1, -0.05) is 12.1 Å². The first-order chi connectivity index (χ1) is 8.91. The number of hydrogen-bond donors (Lipinski definition) is 1. The highest BCUT2D eigenvalue weighted by atomic mass is 31.2. The highest BCUT2D eigenvalue weighted by Gasteiger charge is 2.34. The van der Waals surface area contributed by atoms with Gasteiger partial charge in [-0.15, -0.1) is 0 Å². The average molecular weight is 289 g/mol. The second-order valence-corrected chi connectivity index (χ2v) is 6.39.